The second-order valence-corrected chi connectivity index (χ2v) is 6.36. The number of benzene rings is 1. The monoisotopic (exact) mass is 348 g/mol. The van der Waals surface area contributed by atoms with Crippen LogP contribution in [-0.2, 0) is 11.3 Å². The van der Waals surface area contributed by atoms with Gasteiger partial charge in [-0.25, -0.2) is 0 Å². The van der Waals surface area contributed by atoms with Gasteiger partial charge in [0, 0.05) is 36.5 Å². The van der Waals surface area contributed by atoms with Gasteiger partial charge in [-0.05, 0) is 36.6 Å². The van der Waals surface area contributed by atoms with E-state index >= 15 is 0 Å². The fraction of sp³-hybridized carbons (Fsp3) is 0.471. The number of fused-ring (bicyclic) bond motifs is 1. The van der Waals surface area contributed by atoms with Gasteiger partial charge in [0.1, 0.15) is 0 Å². The van der Waals surface area contributed by atoms with Crippen LogP contribution in [0.15, 0.2) is 36.5 Å². The number of rotatable bonds is 5. The van der Waals surface area contributed by atoms with Gasteiger partial charge in [0.2, 0.25) is 0 Å². The fourth-order valence-corrected chi connectivity index (χ4v) is 3.11. The Bertz CT molecular complexity index is 582. The van der Waals surface area contributed by atoms with Gasteiger partial charge in [-0.15, -0.1) is 0 Å². The van der Waals surface area contributed by atoms with Gasteiger partial charge < -0.3 is 4.74 Å². The molecule has 0 aliphatic carbocycles. The van der Waals surface area contributed by atoms with E-state index in [1.54, 1.807) is 0 Å². The highest BCUT2D eigenvalue weighted by Crippen LogP contribution is 2.19. The first-order valence-corrected chi connectivity index (χ1v) is 8.71. The van der Waals surface area contributed by atoms with Crippen LogP contribution in [0.1, 0.15) is 18.4 Å². The third-order valence-electron chi connectivity index (χ3n) is 4.04. The van der Waals surface area contributed by atoms with E-state index < -0.39 is 0 Å². The van der Waals surface area contributed by atoms with Crippen LogP contribution in [0.3, 0.4) is 0 Å². The maximum Gasteiger partial charge on any atom is 0.0702 e. The van der Waals surface area contributed by atoms with Crippen LogP contribution in [0.25, 0.3) is 10.9 Å². The number of hydrogen-bond acceptors (Lipinski definition) is 3. The lowest BCUT2D eigenvalue weighted by atomic mass is 10.1. The summed E-state index contributed by atoms with van der Waals surface area (Å²) in [5, 5.41) is 2.16. The molecule has 2 aromatic rings. The summed E-state index contributed by atoms with van der Waals surface area (Å²) in [4.78, 5) is 6.89. The second-order valence-electron chi connectivity index (χ2n) is 5.57. The molecule has 4 heteroatoms. The largest absolute Gasteiger partial charge is 0.377 e. The molecule has 1 aromatic carbocycles. The molecule has 3 rings (SSSR count). The maximum absolute atomic E-state index is 5.81. The lowest BCUT2D eigenvalue weighted by molar-refractivity contribution is 0.0141. The highest BCUT2D eigenvalue weighted by molar-refractivity contribution is 9.09. The lowest BCUT2D eigenvalue weighted by Crippen LogP contribution is -2.36. The van der Waals surface area contributed by atoms with Crippen LogP contribution in [0.4, 0.5) is 0 Å². The summed E-state index contributed by atoms with van der Waals surface area (Å²) in [7, 11) is 0. The average Bonchev–Trinajstić information content (AvgIpc) is 2.54. The highest BCUT2D eigenvalue weighted by Gasteiger charge is 2.19. The molecule has 0 radical (unpaired) electrons. The third kappa shape index (κ3) is 4.02. The summed E-state index contributed by atoms with van der Waals surface area (Å²) in [6.07, 6.45) is 4.57. The number of alkyl halides is 1. The normalized spacial score (nSPS) is 17.4. The van der Waals surface area contributed by atoms with Crippen molar-refractivity contribution in [1.29, 1.82) is 0 Å². The Morgan fingerprint density at radius 1 is 1.24 bits per heavy atom. The average molecular weight is 349 g/mol. The first-order valence-electron chi connectivity index (χ1n) is 7.59. The van der Waals surface area contributed by atoms with Gasteiger partial charge in [0.05, 0.1) is 18.2 Å². The van der Waals surface area contributed by atoms with Crippen LogP contribution in [-0.4, -0.2) is 41.0 Å². The summed E-state index contributed by atoms with van der Waals surface area (Å²) in [6.45, 7) is 4.09. The van der Waals surface area contributed by atoms with Crippen molar-refractivity contribution in [1.82, 2.24) is 9.88 Å². The molecule has 21 heavy (non-hydrogen) atoms. The van der Waals surface area contributed by atoms with Gasteiger partial charge in [0.15, 0.2) is 0 Å². The van der Waals surface area contributed by atoms with Crippen molar-refractivity contribution >= 4 is 26.8 Å². The molecule has 0 atom stereocenters. The number of pyridine rings is 1. The molecule has 2 heterocycles. The van der Waals surface area contributed by atoms with E-state index in [-0.39, 0.29) is 0 Å². The molecule has 112 valence electrons. The molecule has 0 N–H and O–H groups in total. The predicted octanol–water partition coefficient (Wildman–Crippen LogP) is 3.61. The number of aromatic nitrogens is 1. The van der Waals surface area contributed by atoms with E-state index in [0.29, 0.717) is 6.10 Å². The Balaban J connectivity index is 1.56. The van der Waals surface area contributed by atoms with Crippen LogP contribution in [0.5, 0.6) is 0 Å². The molecule has 0 unspecified atom stereocenters. The summed E-state index contributed by atoms with van der Waals surface area (Å²) in [6, 6.07) is 10.7. The molecule has 1 fully saturated rings. The van der Waals surface area contributed by atoms with Gasteiger partial charge in [-0.1, -0.05) is 28.1 Å². The van der Waals surface area contributed by atoms with Crippen LogP contribution in [0, 0.1) is 0 Å². The van der Waals surface area contributed by atoms with Crippen molar-refractivity contribution in [2.45, 2.75) is 25.5 Å². The van der Waals surface area contributed by atoms with Crippen LogP contribution in [0.2, 0.25) is 0 Å². The molecule has 1 saturated heterocycles. The van der Waals surface area contributed by atoms with Gasteiger partial charge in [-0.2, -0.15) is 0 Å². The van der Waals surface area contributed by atoms with Crippen molar-refractivity contribution in [3.05, 3.63) is 42.1 Å². The van der Waals surface area contributed by atoms with Crippen molar-refractivity contribution in [3.8, 4) is 0 Å². The number of nitrogens with zero attached hydrogens (tertiary/aromatic N) is 2. The van der Waals surface area contributed by atoms with Crippen LogP contribution < -0.4 is 0 Å². The highest BCUT2D eigenvalue weighted by atomic mass is 79.9. The number of halogens is 1. The predicted molar refractivity (Wildman–Crippen MR) is 89.8 cm³/mol. The molecule has 3 nitrogen and oxygen atoms in total. The van der Waals surface area contributed by atoms with Crippen molar-refractivity contribution in [3.63, 3.8) is 0 Å². The topological polar surface area (TPSA) is 25.4 Å². The molecular formula is C17H21BrN2O. The van der Waals surface area contributed by atoms with E-state index in [0.717, 1.165) is 49.9 Å². The van der Waals surface area contributed by atoms with Gasteiger partial charge >= 0.3 is 0 Å². The van der Waals surface area contributed by atoms with E-state index in [2.05, 4.69) is 50.1 Å². The zero-order chi connectivity index (χ0) is 14.5. The Morgan fingerprint density at radius 3 is 2.90 bits per heavy atom. The van der Waals surface area contributed by atoms with Crippen molar-refractivity contribution < 1.29 is 4.74 Å². The van der Waals surface area contributed by atoms with Crippen molar-refractivity contribution in [2.75, 3.05) is 25.0 Å². The quantitative estimate of drug-likeness (QED) is 0.771. The molecule has 1 aliphatic heterocycles. The van der Waals surface area contributed by atoms with E-state index in [1.807, 2.05) is 12.3 Å². The first kappa shape index (κ1) is 14.9. The minimum Gasteiger partial charge on any atom is -0.377 e. The molecule has 1 aliphatic rings. The van der Waals surface area contributed by atoms with Gasteiger partial charge in [-0.3, -0.25) is 9.88 Å². The first-order chi connectivity index (χ1) is 10.3. The minimum absolute atomic E-state index is 0.444. The Labute approximate surface area is 134 Å². The smallest absolute Gasteiger partial charge is 0.0702 e. The summed E-state index contributed by atoms with van der Waals surface area (Å²) < 4.78 is 5.81. The molecule has 0 amide bonds. The number of piperidine rings is 1. The van der Waals surface area contributed by atoms with Gasteiger partial charge in [0.25, 0.3) is 0 Å². The number of likely N-dealkylation sites (tertiary alicyclic amines) is 1. The Morgan fingerprint density at radius 2 is 2.10 bits per heavy atom. The molecule has 0 saturated carbocycles. The SMILES string of the molecule is BrCCOC1CCN(Cc2ccc3ncccc3c2)CC1. The second kappa shape index (κ2) is 7.34. The fourth-order valence-electron chi connectivity index (χ4n) is 2.93. The zero-order valence-corrected chi connectivity index (χ0v) is 13.8. The number of hydrogen-bond donors (Lipinski definition) is 0. The van der Waals surface area contributed by atoms with E-state index in [4.69, 9.17) is 4.74 Å². The number of ether oxygens (including phenoxy) is 1. The Kier molecular flexibility index (Phi) is 5.22. The Hall–Kier alpha value is -0.970. The lowest BCUT2D eigenvalue weighted by Gasteiger charge is -2.31. The summed E-state index contributed by atoms with van der Waals surface area (Å²) in [5.74, 6) is 0. The molecule has 1 aromatic heterocycles. The van der Waals surface area contributed by atoms with Crippen LogP contribution >= 0.6 is 15.9 Å². The summed E-state index contributed by atoms with van der Waals surface area (Å²) >= 11 is 3.41. The molecule has 0 spiro atoms. The summed E-state index contributed by atoms with van der Waals surface area (Å²) in [5.41, 5.74) is 2.44. The van der Waals surface area contributed by atoms with Crippen molar-refractivity contribution in [2.24, 2.45) is 0 Å². The third-order valence-corrected chi connectivity index (χ3v) is 4.36. The minimum atomic E-state index is 0.444. The van der Waals surface area contributed by atoms with E-state index in [9.17, 15) is 0 Å². The standard InChI is InChI=1S/C17H21BrN2O/c18-7-11-21-16-5-9-20(10-6-16)13-14-3-4-17-15(12-14)2-1-8-19-17/h1-4,8,12,16H,5-7,9-11,13H2. The molecule has 0 bridgehead atoms. The molecular weight excluding hydrogens is 328 g/mol. The maximum atomic E-state index is 5.81. The van der Waals surface area contributed by atoms with E-state index in [1.165, 1.54) is 10.9 Å². The zero-order valence-electron chi connectivity index (χ0n) is 12.2.